The standard InChI is InChI=1S/C22H21N3O2.ClH/c23-20(14-16-7-5-6-15(24-16)12-13-26)17-8-1-2-9-18(17)22-19-10-3-4-11-21(19)27-25-22;/h1-11,20,26H,12-14,23H2;1H/t20-;/m0./s1. The average molecular weight is 396 g/mol. The van der Waals surface area contributed by atoms with Gasteiger partial charge >= 0.3 is 0 Å². The first-order valence-corrected chi connectivity index (χ1v) is 9.01. The van der Waals surface area contributed by atoms with Crippen LogP contribution in [-0.4, -0.2) is 21.9 Å². The summed E-state index contributed by atoms with van der Waals surface area (Å²) in [6, 6.07) is 21.4. The Labute approximate surface area is 169 Å². The van der Waals surface area contributed by atoms with Gasteiger partial charge in [0.05, 0.1) is 0 Å². The number of benzene rings is 2. The van der Waals surface area contributed by atoms with E-state index in [0.717, 1.165) is 39.2 Å². The van der Waals surface area contributed by atoms with E-state index in [2.05, 4.69) is 10.1 Å². The van der Waals surface area contributed by atoms with E-state index in [4.69, 9.17) is 15.4 Å². The molecule has 5 nitrogen and oxygen atoms in total. The molecule has 0 spiro atoms. The predicted molar refractivity (Wildman–Crippen MR) is 112 cm³/mol. The largest absolute Gasteiger partial charge is 0.396 e. The molecule has 0 aliphatic heterocycles. The molecule has 1 atom stereocenters. The Balaban J connectivity index is 0.00000225. The zero-order chi connectivity index (χ0) is 18.6. The lowest BCUT2D eigenvalue weighted by Gasteiger charge is -2.16. The van der Waals surface area contributed by atoms with Gasteiger partial charge in [-0.25, -0.2) is 0 Å². The van der Waals surface area contributed by atoms with Crippen molar-refractivity contribution in [3.63, 3.8) is 0 Å². The minimum absolute atomic E-state index is 0. The predicted octanol–water partition coefficient (Wildman–Crippen LogP) is 4.09. The van der Waals surface area contributed by atoms with E-state index in [1.807, 2.05) is 66.7 Å². The number of para-hydroxylation sites is 1. The molecule has 2 heterocycles. The Kier molecular flexibility index (Phi) is 6.41. The van der Waals surface area contributed by atoms with E-state index in [1.165, 1.54) is 0 Å². The minimum Gasteiger partial charge on any atom is -0.396 e. The van der Waals surface area contributed by atoms with Gasteiger partial charge in [-0.1, -0.05) is 47.6 Å². The molecule has 0 bridgehead atoms. The van der Waals surface area contributed by atoms with E-state index >= 15 is 0 Å². The maximum Gasteiger partial charge on any atom is 0.167 e. The SMILES string of the molecule is Cl.N[C@@H](Cc1cccc(CCO)n1)c1ccccc1-c1noc2ccccc12. The van der Waals surface area contributed by atoms with Crippen LogP contribution in [0.3, 0.4) is 0 Å². The lowest BCUT2D eigenvalue weighted by Crippen LogP contribution is -2.15. The Morgan fingerprint density at radius 1 is 0.929 bits per heavy atom. The Hall–Kier alpha value is -2.73. The summed E-state index contributed by atoms with van der Waals surface area (Å²) in [7, 11) is 0. The van der Waals surface area contributed by atoms with Crippen LogP contribution >= 0.6 is 12.4 Å². The van der Waals surface area contributed by atoms with Gasteiger partial charge in [0.25, 0.3) is 0 Å². The first-order chi connectivity index (χ1) is 13.3. The van der Waals surface area contributed by atoms with Crippen molar-refractivity contribution in [2.45, 2.75) is 18.9 Å². The van der Waals surface area contributed by atoms with Gasteiger partial charge in [0.1, 0.15) is 5.69 Å². The van der Waals surface area contributed by atoms with Gasteiger partial charge in [0.15, 0.2) is 5.58 Å². The van der Waals surface area contributed by atoms with Crippen LogP contribution in [0, 0.1) is 0 Å². The molecule has 0 fully saturated rings. The number of pyridine rings is 1. The summed E-state index contributed by atoms with van der Waals surface area (Å²) in [6.45, 7) is 0.0879. The maximum absolute atomic E-state index is 9.12. The molecule has 4 rings (SSSR count). The third-order valence-corrected chi connectivity index (χ3v) is 4.65. The van der Waals surface area contributed by atoms with Crippen LogP contribution in [0.5, 0.6) is 0 Å². The molecular weight excluding hydrogens is 374 g/mol. The second-order valence-electron chi connectivity index (χ2n) is 6.52. The first-order valence-electron chi connectivity index (χ1n) is 9.01. The molecule has 0 aliphatic carbocycles. The second-order valence-corrected chi connectivity index (χ2v) is 6.52. The normalized spacial score (nSPS) is 11.9. The number of fused-ring (bicyclic) bond motifs is 1. The van der Waals surface area contributed by atoms with E-state index in [9.17, 15) is 0 Å². The zero-order valence-corrected chi connectivity index (χ0v) is 16.1. The van der Waals surface area contributed by atoms with Gasteiger partial charge in [-0.2, -0.15) is 0 Å². The van der Waals surface area contributed by atoms with Crippen LogP contribution < -0.4 is 5.73 Å². The van der Waals surface area contributed by atoms with Crippen molar-refractivity contribution < 1.29 is 9.63 Å². The van der Waals surface area contributed by atoms with Crippen molar-refractivity contribution in [2.24, 2.45) is 5.73 Å². The fourth-order valence-electron chi connectivity index (χ4n) is 3.35. The van der Waals surface area contributed by atoms with Crippen LogP contribution in [0.1, 0.15) is 23.0 Å². The molecule has 144 valence electrons. The van der Waals surface area contributed by atoms with E-state index in [0.29, 0.717) is 12.8 Å². The Bertz CT molecular complexity index is 1060. The van der Waals surface area contributed by atoms with Crippen molar-refractivity contribution in [2.75, 3.05) is 6.61 Å². The summed E-state index contributed by atoms with van der Waals surface area (Å²) >= 11 is 0. The van der Waals surface area contributed by atoms with Gasteiger partial charge in [0, 0.05) is 47.8 Å². The smallest absolute Gasteiger partial charge is 0.167 e. The summed E-state index contributed by atoms with van der Waals surface area (Å²) in [4.78, 5) is 4.60. The number of rotatable bonds is 6. The number of nitrogens with zero attached hydrogens (tertiary/aromatic N) is 2. The number of hydrogen-bond acceptors (Lipinski definition) is 5. The number of aliphatic hydroxyl groups excluding tert-OH is 1. The van der Waals surface area contributed by atoms with Crippen LogP contribution in [0.4, 0.5) is 0 Å². The second kappa shape index (κ2) is 8.97. The van der Waals surface area contributed by atoms with E-state index in [-0.39, 0.29) is 25.1 Å². The number of halogens is 1. The van der Waals surface area contributed by atoms with Crippen LogP contribution in [0.15, 0.2) is 71.3 Å². The van der Waals surface area contributed by atoms with E-state index in [1.54, 1.807) is 0 Å². The number of aliphatic hydroxyl groups is 1. The molecule has 2 aromatic heterocycles. The molecule has 28 heavy (non-hydrogen) atoms. The van der Waals surface area contributed by atoms with Crippen molar-refractivity contribution in [1.29, 1.82) is 0 Å². The monoisotopic (exact) mass is 395 g/mol. The van der Waals surface area contributed by atoms with Crippen molar-refractivity contribution in [3.8, 4) is 11.3 Å². The molecule has 6 heteroatoms. The highest BCUT2D eigenvalue weighted by atomic mass is 35.5. The van der Waals surface area contributed by atoms with Gasteiger partial charge in [-0.3, -0.25) is 4.98 Å². The fourth-order valence-corrected chi connectivity index (χ4v) is 3.35. The fraction of sp³-hybridized carbons (Fsp3) is 0.182. The number of nitrogens with two attached hydrogens (primary N) is 1. The highest BCUT2D eigenvalue weighted by Crippen LogP contribution is 2.33. The van der Waals surface area contributed by atoms with Crippen LogP contribution in [0.25, 0.3) is 22.2 Å². The third kappa shape index (κ3) is 4.07. The van der Waals surface area contributed by atoms with Crippen molar-refractivity contribution in [1.82, 2.24) is 10.1 Å². The van der Waals surface area contributed by atoms with Gasteiger partial charge in [-0.05, 0) is 29.8 Å². The molecule has 4 aromatic rings. The molecule has 0 saturated carbocycles. The van der Waals surface area contributed by atoms with Crippen molar-refractivity contribution >= 4 is 23.4 Å². The van der Waals surface area contributed by atoms with Gasteiger partial charge in [-0.15, -0.1) is 12.4 Å². The highest BCUT2D eigenvalue weighted by Gasteiger charge is 2.18. The molecular formula is C22H22ClN3O2. The summed E-state index contributed by atoms with van der Waals surface area (Å²) in [5, 5.41) is 14.4. The van der Waals surface area contributed by atoms with E-state index < -0.39 is 0 Å². The quantitative estimate of drug-likeness (QED) is 0.513. The Morgan fingerprint density at radius 3 is 2.54 bits per heavy atom. The summed E-state index contributed by atoms with van der Waals surface area (Å²) in [6.07, 6.45) is 1.15. The molecule has 0 aliphatic rings. The maximum atomic E-state index is 9.12. The minimum atomic E-state index is -0.228. The van der Waals surface area contributed by atoms with Gasteiger partial charge < -0.3 is 15.4 Å². The topological polar surface area (TPSA) is 85.2 Å². The number of aromatic nitrogens is 2. The molecule has 2 aromatic carbocycles. The molecule has 3 N–H and O–H groups in total. The average Bonchev–Trinajstić information content (AvgIpc) is 3.12. The number of hydrogen-bond donors (Lipinski definition) is 2. The molecule has 0 radical (unpaired) electrons. The Morgan fingerprint density at radius 2 is 1.68 bits per heavy atom. The van der Waals surface area contributed by atoms with Crippen LogP contribution in [0.2, 0.25) is 0 Å². The molecule has 0 saturated heterocycles. The third-order valence-electron chi connectivity index (χ3n) is 4.65. The van der Waals surface area contributed by atoms with Crippen molar-refractivity contribution in [3.05, 3.63) is 83.7 Å². The summed E-state index contributed by atoms with van der Waals surface area (Å²) in [5.74, 6) is 0. The van der Waals surface area contributed by atoms with Crippen LogP contribution in [-0.2, 0) is 12.8 Å². The highest BCUT2D eigenvalue weighted by molar-refractivity contribution is 5.92. The lowest BCUT2D eigenvalue weighted by molar-refractivity contribution is 0.298. The summed E-state index contributed by atoms with van der Waals surface area (Å²) in [5.41, 5.74) is 11.9. The lowest BCUT2D eigenvalue weighted by atomic mass is 9.94. The summed E-state index contributed by atoms with van der Waals surface area (Å²) < 4.78 is 5.47. The first kappa shape index (κ1) is 20.0. The molecule has 0 amide bonds. The zero-order valence-electron chi connectivity index (χ0n) is 15.3. The molecule has 0 unspecified atom stereocenters. The van der Waals surface area contributed by atoms with Gasteiger partial charge in [0.2, 0.25) is 0 Å².